The first-order valence-electron chi connectivity index (χ1n) is 12.5. The molecular formula is C31H20EuF7NO5S. The summed E-state index contributed by atoms with van der Waals surface area (Å²) in [5.74, 6) is -17.8. The standard InChI is InChI=1S/C31H16F7NO3S.Eu.2H2O/c32-29(33,30(34,35)31(36,37)38)27(41)23-25(40)21-15-14-20-19-8-4-5-9-22(19)43-26(20)24(21)39(28(23)42)18-12-10-17(11-13-18)16-6-2-1-3-7-16;;;/h1-15,40H;;2*1H2. The summed E-state index contributed by atoms with van der Waals surface area (Å²) in [5, 5.41) is 11.9. The van der Waals surface area contributed by atoms with Crippen LogP contribution in [0.25, 0.3) is 47.9 Å². The van der Waals surface area contributed by atoms with E-state index in [2.05, 4.69) is 0 Å². The normalized spacial score (nSPS) is 12.0. The molecule has 0 bridgehead atoms. The summed E-state index contributed by atoms with van der Waals surface area (Å²) in [7, 11) is 0. The molecule has 0 aliphatic carbocycles. The summed E-state index contributed by atoms with van der Waals surface area (Å²) in [6.07, 6.45) is -6.83. The van der Waals surface area contributed by atoms with Crippen molar-refractivity contribution in [3.8, 4) is 22.6 Å². The number of aromatic nitrogens is 1. The molecule has 15 heteroatoms. The number of Topliss-reactive ketones (excluding diaryl/α,β-unsaturated/α-hetero) is 1. The van der Waals surface area contributed by atoms with Crippen molar-refractivity contribution in [2.24, 2.45) is 0 Å². The third-order valence-corrected chi connectivity index (χ3v) is 8.34. The first-order valence-corrected chi connectivity index (χ1v) is 13.3. The number of hydrogen-bond donors (Lipinski definition) is 1. The van der Waals surface area contributed by atoms with E-state index in [1.54, 1.807) is 66.7 Å². The van der Waals surface area contributed by atoms with Gasteiger partial charge in [0.15, 0.2) is 0 Å². The zero-order chi connectivity index (χ0) is 30.9. The van der Waals surface area contributed by atoms with E-state index in [1.165, 1.54) is 35.6 Å². The Morgan fingerprint density at radius 1 is 0.696 bits per heavy atom. The number of rotatable bonds is 5. The summed E-state index contributed by atoms with van der Waals surface area (Å²) in [5.41, 5.74) is -2.18. The Labute approximate surface area is 298 Å². The number of halogens is 7. The Hall–Kier alpha value is -3.21. The average Bonchev–Trinajstić information content (AvgIpc) is 3.36. The number of alkyl halides is 7. The molecule has 2 heterocycles. The molecule has 5 N–H and O–H groups in total. The summed E-state index contributed by atoms with van der Waals surface area (Å²) >= 11 is 1.17. The van der Waals surface area contributed by atoms with E-state index in [4.69, 9.17) is 0 Å². The van der Waals surface area contributed by atoms with E-state index < -0.39 is 40.7 Å². The van der Waals surface area contributed by atoms with E-state index in [9.17, 15) is 45.4 Å². The van der Waals surface area contributed by atoms with Gasteiger partial charge in [0.25, 0.3) is 5.56 Å². The van der Waals surface area contributed by atoms with Crippen molar-refractivity contribution in [2.45, 2.75) is 18.0 Å². The van der Waals surface area contributed by atoms with Crippen LogP contribution in [0, 0.1) is 49.4 Å². The largest absolute Gasteiger partial charge is 0.506 e. The Morgan fingerprint density at radius 3 is 1.85 bits per heavy atom. The van der Waals surface area contributed by atoms with Crippen LogP contribution in [0.1, 0.15) is 10.4 Å². The van der Waals surface area contributed by atoms with Crippen LogP contribution in [0.5, 0.6) is 5.75 Å². The van der Waals surface area contributed by atoms with Gasteiger partial charge >= 0.3 is 18.0 Å². The summed E-state index contributed by atoms with van der Waals surface area (Å²) < 4.78 is 97.7. The van der Waals surface area contributed by atoms with Crippen molar-refractivity contribution in [1.29, 1.82) is 0 Å². The van der Waals surface area contributed by atoms with Crippen LogP contribution in [-0.4, -0.2) is 44.4 Å². The smallest absolute Gasteiger partial charge is 0.460 e. The van der Waals surface area contributed by atoms with E-state index >= 15 is 0 Å². The van der Waals surface area contributed by atoms with Gasteiger partial charge in [0.05, 0.1) is 10.2 Å². The van der Waals surface area contributed by atoms with Crippen LogP contribution in [0.3, 0.4) is 0 Å². The molecule has 0 atom stereocenters. The maximum absolute atomic E-state index is 14.6. The zero-order valence-corrected chi connectivity index (χ0v) is 26.0. The Bertz CT molecular complexity index is 2130. The molecule has 2 aromatic heterocycles. The fourth-order valence-electron chi connectivity index (χ4n) is 5.00. The van der Waals surface area contributed by atoms with Gasteiger partial charge in [-0.05, 0) is 35.4 Å². The van der Waals surface area contributed by atoms with Gasteiger partial charge in [-0.15, -0.1) is 11.3 Å². The summed E-state index contributed by atoms with van der Waals surface area (Å²) in [4.78, 5) is 26.6. The number of carbonyl (C=O) groups excluding carboxylic acids is 1. The molecule has 0 saturated heterocycles. The van der Waals surface area contributed by atoms with Crippen LogP contribution < -0.4 is 5.56 Å². The van der Waals surface area contributed by atoms with Crippen LogP contribution in [0.2, 0.25) is 0 Å². The van der Waals surface area contributed by atoms with Crippen molar-refractivity contribution in [3.05, 3.63) is 107 Å². The first-order chi connectivity index (χ1) is 20.3. The molecule has 0 aliphatic heterocycles. The monoisotopic (exact) mass is 804 g/mol. The van der Waals surface area contributed by atoms with Crippen LogP contribution in [0.4, 0.5) is 30.7 Å². The Kier molecular flexibility index (Phi) is 10.6. The number of hydrogen-bond acceptors (Lipinski definition) is 4. The molecule has 0 amide bonds. The second-order valence-corrected chi connectivity index (χ2v) is 10.7. The van der Waals surface area contributed by atoms with Crippen molar-refractivity contribution in [1.82, 2.24) is 4.57 Å². The third-order valence-electron chi connectivity index (χ3n) is 7.15. The van der Waals surface area contributed by atoms with Crippen molar-refractivity contribution >= 4 is 48.2 Å². The van der Waals surface area contributed by atoms with Gasteiger partial charge in [-0.3, -0.25) is 14.2 Å². The second kappa shape index (κ2) is 13.1. The van der Waals surface area contributed by atoms with Crippen molar-refractivity contribution in [2.75, 3.05) is 0 Å². The van der Waals surface area contributed by atoms with Crippen LogP contribution >= 0.6 is 11.3 Å². The van der Waals surface area contributed by atoms with Gasteiger partial charge < -0.3 is 16.1 Å². The molecule has 4 aromatic carbocycles. The molecule has 0 unspecified atom stereocenters. The number of nitrogens with zero attached hydrogens (tertiary/aromatic N) is 1. The van der Waals surface area contributed by atoms with Gasteiger partial charge in [0.1, 0.15) is 11.3 Å². The van der Waals surface area contributed by atoms with E-state index in [-0.39, 0.29) is 76.9 Å². The molecule has 241 valence electrons. The molecule has 0 saturated carbocycles. The number of pyridine rings is 1. The number of carbonyl (C=O) groups is 1. The third kappa shape index (κ3) is 5.66. The van der Waals surface area contributed by atoms with Crippen LogP contribution in [0.15, 0.2) is 95.8 Å². The molecule has 0 fully saturated rings. The minimum Gasteiger partial charge on any atom is -0.506 e. The molecule has 46 heavy (non-hydrogen) atoms. The predicted octanol–water partition coefficient (Wildman–Crippen LogP) is 7.10. The Morgan fingerprint density at radius 2 is 1.24 bits per heavy atom. The fourth-order valence-corrected chi connectivity index (χ4v) is 6.24. The predicted molar refractivity (Wildman–Crippen MR) is 157 cm³/mol. The van der Waals surface area contributed by atoms with Gasteiger partial charge in [-0.25, -0.2) is 0 Å². The van der Waals surface area contributed by atoms with Gasteiger partial charge in [-0.1, -0.05) is 66.7 Å². The number of fused-ring (bicyclic) bond motifs is 5. The zero-order valence-electron chi connectivity index (χ0n) is 22.8. The minimum absolute atomic E-state index is 0. The topological polar surface area (TPSA) is 122 Å². The summed E-state index contributed by atoms with van der Waals surface area (Å²) in [6, 6.07) is 24.7. The average molecular weight is 804 g/mol. The maximum Gasteiger partial charge on any atom is 0.460 e. The maximum atomic E-state index is 14.6. The first kappa shape index (κ1) is 37.3. The number of aromatic hydroxyl groups is 1. The molecule has 0 aliphatic rings. The quantitative estimate of drug-likeness (QED) is 0.148. The minimum atomic E-state index is -6.83. The van der Waals surface area contributed by atoms with Gasteiger partial charge in [0, 0.05) is 75.9 Å². The SMILES string of the molecule is O.O.O=C(c1c(O)c2ccc3c4ccccc4sc3c2n(-c2ccc(-c3ccccc3)cc2)c1=O)C(F)(F)C(F)(F)C(F)(F)F.[Eu]. The van der Waals surface area contributed by atoms with E-state index in [0.29, 0.717) is 15.6 Å². The number of ketones is 1. The molecular weight excluding hydrogens is 783 g/mol. The molecule has 6 rings (SSSR count). The molecule has 6 aromatic rings. The number of thiophene rings is 1. The van der Waals surface area contributed by atoms with Crippen molar-refractivity contribution < 1.29 is 101 Å². The molecule has 1 radical (unpaired) electrons. The molecule has 0 spiro atoms. The van der Waals surface area contributed by atoms with Crippen molar-refractivity contribution in [3.63, 3.8) is 0 Å². The van der Waals surface area contributed by atoms with Crippen LogP contribution in [-0.2, 0) is 0 Å². The summed E-state index contributed by atoms with van der Waals surface area (Å²) in [6.45, 7) is 0. The Balaban J connectivity index is 0.00000192. The fraction of sp³-hybridized carbons (Fsp3) is 0.0968. The van der Waals surface area contributed by atoms with Gasteiger partial charge in [-0.2, -0.15) is 30.7 Å². The van der Waals surface area contributed by atoms with E-state index in [0.717, 1.165) is 20.2 Å². The van der Waals surface area contributed by atoms with Gasteiger partial charge in [0.2, 0.25) is 5.78 Å². The number of benzene rings is 4. The second-order valence-electron chi connectivity index (χ2n) is 9.69. The molecule has 6 nitrogen and oxygen atoms in total. The van der Waals surface area contributed by atoms with E-state index in [1.807, 2.05) is 0 Å².